The van der Waals surface area contributed by atoms with Crippen LogP contribution in [0.4, 0.5) is 11.4 Å². The molecule has 0 fully saturated rings. The maximum Gasteiger partial charge on any atom is 0.370 e. The van der Waals surface area contributed by atoms with Gasteiger partial charge in [0, 0.05) is 34.5 Å². The van der Waals surface area contributed by atoms with Gasteiger partial charge in [-0.2, -0.15) is 4.58 Å². The van der Waals surface area contributed by atoms with Gasteiger partial charge < -0.3 is 15.1 Å². The van der Waals surface area contributed by atoms with Crippen molar-refractivity contribution in [2.24, 2.45) is 0 Å². The Kier molecular flexibility index (Phi) is 6.24. The van der Waals surface area contributed by atoms with Crippen LogP contribution in [-0.2, 0) is 20.4 Å². The topological polar surface area (TPSA) is 80.9 Å². The smallest absolute Gasteiger partial charge is 0.370 e. The second kappa shape index (κ2) is 9.02. The maximum absolute atomic E-state index is 11.6. The number of rotatable bonds is 7. The van der Waals surface area contributed by atoms with E-state index in [0.29, 0.717) is 0 Å². The van der Waals surface area contributed by atoms with Crippen molar-refractivity contribution in [2.75, 3.05) is 18.0 Å². The molecule has 0 amide bonds. The van der Waals surface area contributed by atoms with E-state index < -0.39 is 11.9 Å². The van der Waals surface area contributed by atoms with Crippen LogP contribution in [0.2, 0.25) is 0 Å². The van der Waals surface area contributed by atoms with Crippen molar-refractivity contribution < 1.29 is 24.4 Å². The average Bonchev–Trinajstić information content (AvgIpc) is 3.13. The van der Waals surface area contributed by atoms with Gasteiger partial charge in [0.15, 0.2) is 5.71 Å². The fourth-order valence-electron chi connectivity index (χ4n) is 5.25. The van der Waals surface area contributed by atoms with Gasteiger partial charge in [0.2, 0.25) is 12.2 Å². The number of anilines is 1. The molecule has 2 aromatic rings. The third-order valence-electron chi connectivity index (χ3n) is 6.92. The molecule has 0 bridgehead atoms. The molecule has 2 N–H and O–H groups in total. The molecule has 0 aromatic heterocycles. The van der Waals surface area contributed by atoms with Crippen molar-refractivity contribution in [2.45, 2.75) is 38.5 Å². The number of aliphatic carboxylic acids is 2. The Hall–Kier alpha value is -3.93. The van der Waals surface area contributed by atoms with E-state index in [9.17, 15) is 19.8 Å². The Morgan fingerprint density at radius 2 is 1.51 bits per heavy atom. The van der Waals surface area contributed by atoms with Crippen LogP contribution >= 0.6 is 0 Å². The predicted molar refractivity (Wildman–Crippen MR) is 138 cm³/mol. The van der Waals surface area contributed by atoms with Gasteiger partial charge in [-0.15, -0.1) is 0 Å². The van der Waals surface area contributed by atoms with Gasteiger partial charge in [0.05, 0.1) is 5.41 Å². The van der Waals surface area contributed by atoms with Crippen LogP contribution in [-0.4, -0.2) is 45.5 Å². The molecule has 0 spiro atoms. The summed E-state index contributed by atoms with van der Waals surface area (Å²) in [5, 5.41) is 19.0. The van der Waals surface area contributed by atoms with Crippen LogP contribution < -0.4 is 4.90 Å². The van der Waals surface area contributed by atoms with Crippen LogP contribution in [0.15, 0.2) is 84.6 Å². The molecule has 2 aliphatic heterocycles. The summed E-state index contributed by atoms with van der Waals surface area (Å²) in [6.45, 7) is 8.18. The predicted octanol–water partition coefficient (Wildman–Crippen LogP) is 5.03. The molecule has 2 aromatic carbocycles. The Labute approximate surface area is 205 Å². The van der Waals surface area contributed by atoms with E-state index in [4.69, 9.17) is 0 Å². The standard InChI is InChI=1S/C29H30N2O4/c1-28(2)20-12-8-10-14-22(20)30(18-26(32)33)24(28)16-6-5-7-17-25-29(3,4)21-13-9-11-15-23(21)31(25)19-27(34)35/h5-17H,18-19H2,1-4H3,(H-,32,33,34,35)/p+1. The number of carboxylic acids is 2. The first kappa shape index (κ1) is 24.2. The SMILES string of the molecule is CC1(C)C(=CC=CC=CC2=[N+](CC(=O)O)c3ccccc3C2(C)C)N(CC(=O)O)c2ccccc21. The third-order valence-corrected chi connectivity index (χ3v) is 6.92. The molecule has 0 saturated heterocycles. The number of fused-ring (bicyclic) bond motifs is 2. The van der Waals surface area contributed by atoms with E-state index >= 15 is 0 Å². The summed E-state index contributed by atoms with van der Waals surface area (Å²) in [4.78, 5) is 25.0. The van der Waals surface area contributed by atoms with Crippen molar-refractivity contribution in [3.63, 3.8) is 0 Å². The van der Waals surface area contributed by atoms with Crippen LogP contribution in [0.5, 0.6) is 0 Å². The molecular formula is C29H31N2O4+. The number of allylic oxidation sites excluding steroid dienone is 6. The van der Waals surface area contributed by atoms with Crippen LogP contribution in [0.25, 0.3) is 0 Å². The lowest BCUT2D eigenvalue weighted by atomic mass is 9.81. The van der Waals surface area contributed by atoms with Gasteiger partial charge in [-0.1, -0.05) is 68.5 Å². The van der Waals surface area contributed by atoms with E-state index in [0.717, 1.165) is 33.9 Å². The first-order valence-electron chi connectivity index (χ1n) is 11.7. The first-order valence-corrected chi connectivity index (χ1v) is 11.7. The highest BCUT2D eigenvalue weighted by atomic mass is 16.4. The maximum atomic E-state index is 11.6. The summed E-state index contributed by atoms with van der Waals surface area (Å²) in [5.74, 6) is -1.77. The molecule has 0 aliphatic carbocycles. The summed E-state index contributed by atoms with van der Waals surface area (Å²) in [7, 11) is 0. The van der Waals surface area contributed by atoms with E-state index in [-0.39, 0.29) is 23.9 Å². The number of nitrogens with zero attached hydrogens (tertiary/aromatic N) is 2. The van der Waals surface area contributed by atoms with Gasteiger partial charge in [-0.25, -0.2) is 4.79 Å². The Morgan fingerprint density at radius 1 is 0.857 bits per heavy atom. The number of hydrogen-bond acceptors (Lipinski definition) is 3. The van der Waals surface area contributed by atoms with Crippen LogP contribution in [0.1, 0.15) is 38.8 Å². The van der Waals surface area contributed by atoms with Crippen molar-refractivity contribution in [1.29, 1.82) is 0 Å². The summed E-state index contributed by atoms with van der Waals surface area (Å²) in [6.07, 6.45) is 9.63. The normalized spacial score (nSPS) is 19.1. The van der Waals surface area contributed by atoms with Crippen molar-refractivity contribution in [1.82, 2.24) is 0 Å². The molecule has 4 rings (SSSR count). The fourth-order valence-corrected chi connectivity index (χ4v) is 5.25. The molecular weight excluding hydrogens is 440 g/mol. The van der Waals surface area contributed by atoms with Gasteiger partial charge in [0.25, 0.3) is 0 Å². The second-order valence-electron chi connectivity index (χ2n) is 9.93. The summed E-state index contributed by atoms with van der Waals surface area (Å²) >= 11 is 0. The summed E-state index contributed by atoms with van der Waals surface area (Å²) in [6, 6.07) is 15.8. The minimum Gasteiger partial charge on any atom is -0.480 e. The lowest BCUT2D eigenvalue weighted by molar-refractivity contribution is -0.428. The summed E-state index contributed by atoms with van der Waals surface area (Å²) < 4.78 is 1.85. The Morgan fingerprint density at radius 3 is 2.20 bits per heavy atom. The summed E-state index contributed by atoms with van der Waals surface area (Å²) in [5.41, 5.74) is 5.20. The van der Waals surface area contributed by atoms with Crippen LogP contribution in [0, 0.1) is 0 Å². The third kappa shape index (κ3) is 4.32. The number of carbonyl (C=O) groups is 2. The number of benzene rings is 2. The molecule has 6 heteroatoms. The zero-order valence-electron chi connectivity index (χ0n) is 20.5. The van der Waals surface area contributed by atoms with Gasteiger partial charge >= 0.3 is 11.9 Å². The van der Waals surface area contributed by atoms with Crippen molar-refractivity contribution in [3.8, 4) is 0 Å². The highest BCUT2D eigenvalue weighted by molar-refractivity contribution is 6.03. The number of carboxylic acid groups (broad SMARTS) is 2. The second-order valence-corrected chi connectivity index (χ2v) is 9.93. The zero-order chi connectivity index (χ0) is 25.4. The highest BCUT2D eigenvalue weighted by Crippen LogP contribution is 2.47. The van der Waals surface area contributed by atoms with E-state index in [1.54, 1.807) is 0 Å². The molecule has 2 heterocycles. The molecule has 6 nitrogen and oxygen atoms in total. The minimum atomic E-state index is -0.884. The quantitative estimate of drug-likeness (QED) is 0.438. The molecule has 35 heavy (non-hydrogen) atoms. The zero-order valence-corrected chi connectivity index (χ0v) is 20.5. The molecule has 0 unspecified atom stereocenters. The fraction of sp³-hybridized carbons (Fsp3) is 0.276. The molecule has 0 atom stereocenters. The monoisotopic (exact) mass is 471 g/mol. The molecule has 0 saturated carbocycles. The first-order chi connectivity index (χ1) is 16.5. The van der Waals surface area contributed by atoms with Gasteiger partial charge in [-0.05, 0) is 31.6 Å². The van der Waals surface area contributed by atoms with Crippen molar-refractivity contribution in [3.05, 3.63) is 95.7 Å². The van der Waals surface area contributed by atoms with E-state index in [1.165, 1.54) is 0 Å². The average molecular weight is 472 g/mol. The van der Waals surface area contributed by atoms with Gasteiger partial charge in [0.1, 0.15) is 6.54 Å². The Bertz CT molecular complexity index is 1310. The van der Waals surface area contributed by atoms with E-state index in [2.05, 4.69) is 27.7 Å². The number of hydrogen-bond donors (Lipinski definition) is 2. The number of para-hydroxylation sites is 2. The van der Waals surface area contributed by atoms with E-state index in [1.807, 2.05) is 88.4 Å². The highest BCUT2D eigenvalue weighted by Gasteiger charge is 2.44. The lowest BCUT2D eigenvalue weighted by Gasteiger charge is -2.25. The molecule has 0 radical (unpaired) electrons. The lowest BCUT2D eigenvalue weighted by Crippen LogP contribution is -2.30. The molecule has 2 aliphatic rings. The Balaban J connectivity index is 1.65. The largest absolute Gasteiger partial charge is 0.480 e. The van der Waals surface area contributed by atoms with Crippen molar-refractivity contribution >= 4 is 29.0 Å². The van der Waals surface area contributed by atoms with Gasteiger partial charge in [-0.3, -0.25) is 4.79 Å². The van der Waals surface area contributed by atoms with Crippen LogP contribution in [0.3, 0.4) is 0 Å². The minimum absolute atomic E-state index is 0.107. The molecule has 180 valence electrons.